The third-order valence-corrected chi connectivity index (χ3v) is 6.41. The standard InChI is InChI=1S/C24H20F3N5O3S/c1-3-35-21-7-5-14(29-20(21)12-28)9-15-10-17(23-18(30-15)11-19(32-23)24(26)27)31-16-6-4-13(25)8-22(16)36(2,33)34/h4-8,10,24H,3,9,11H2,1-2H3,(H,30,31). The van der Waals surface area contributed by atoms with Crippen molar-refractivity contribution in [2.24, 2.45) is 4.99 Å². The molecule has 0 saturated carbocycles. The molecule has 12 heteroatoms. The molecule has 1 N–H and O–H groups in total. The molecule has 0 atom stereocenters. The van der Waals surface area contributed by atoms with E-state index in [1.165, 1.54) is 12.1 Å². The number of ether oxygens (including phenoxy) is 1. The molecular weight excluding hydrogens is 495 g/mol. The Balaban J connectivity index is 1.77. The van der Waals surface area contributed by atoms with Crippen LogP contribution in [0.1, 0.15) is 29.7 Å². The molecule has 0 saturated heterocycles. The van der Waals surface area contributed by atoms with Gasteiger partial charge in [-0.1, -0.05) is 0 Å². The van der Waals surface area contributed by atoms with E-state index in [-0.39, 0.29) is 51.9 Å². The molecule has 0 unspecified atom stereocenters. The lowest BCUT2D eigenvalue weighted by Gasteiger charge is -2.15. The molecule has 1 aliphatic heterocycles. The lowest BCUT2D eigenvalue weighted by molar-refractivity contribution is 0.224. The van der Waals surface area contributed by atoms with E-state index in [9.17, 15) is 26.9 Å². The van der Waals surface area contributed by atoms with Gasteiger partial charge in [-0.15, -0.1) is 0 Å². The van der Waals surface area contributed by atoms with E-state index in [0.717, 1.165) is 18.4 Å². The summed E-state index contributed by atoms with van der Waals surface area (Å²) in [5.74, 6) is -0.401. The summed E-state index contributed by atoms with van der Waals surface area (Å²) in [4.78, 5) is 12.5. The van der Waals surface area contributed by atoms with Crippen molar-refractivity contribution in [3.63, 3.8) is 0 Å². The SMILES string of the molecule is CCOc1ccc(Cc2cc(Nc3ccc(F)cc3S(C)(=O)=O)c3c(n2)CC(C(F)F)=N3)nc1C#N. The van der Waals surface area contributed by atoms with Crippen LogP contribution in [0.3, 0.4) is 0 Å². The first kappa shape index (κ1) is 25.1. The molecule has 1 aromatic carbocycles. The fourth-order valence-electron chi connectivity index (χ4n) is 3.74. The van der Waals surface area contributed by atoms with E-state index in [1.807, 2.05) is 6.07 Å². The average molecular weight is 516 g/mol. The number of alkyl halides is 2. The van der Waals surface area contributed by atoms with Crippen LogP contribution in [0.15, 0.2) is 46.3 Å². The summed E-state index contributed by atoms with van der Waals surface area (Å²) in [5.41, 5.74) is 1.35. The second kappa shape index (κ2) is 9.94. The first-order valence-electron chi connectivity index (χ1n) is 10.8. The van der Waals surface area contributed by atoms with Gasteiger partial charge < -0.3 is 10.1 Å². The summed E-state index contributed by atoms with van der Waals surface area (Å²) in [6.07, 6.45) is -1.89. The van der Waals surface area contributed by atoms with Gasteiger partial charge in [0.1, 0.15) is 17.6 Å². The van der Waals surface area contributed by atoms with Gasteiger partial charge in [-0.25, -0.2) is 31.6 Å². The molecule has 0 bridgehead atoms. The monoisotopic (exact) mass is 515 g/mol. The Kier molecular flexibility index (Phi) is 6.94. The number of aliphatic imine (C=N–C) groups is 1. The molecule has 8 nitrogen and oxygen atoms in total. The summed E-state index contributed by atoms with van der Waals surface area (Å²) >= 11 is 0. The van der Waals surface area contributed by atoms with Crippen LogP contribution in [0.4, 0.5) is 30.2 Å². The average Bonchev–Trinajstić information content (AvgIpc) is 3.25. The number of hydrogen-bond acceptors (Lipinski definition) is 8. The van der Waals surface area contributed by atoms with Crippen molar-refractivity contribution in [1.82, 2.24) is 9.97 Å². The maximum atomic E-state index is 13.8. The minimum Gasteiger partial charge on any atom is -0.491 e. The zero-order valence-corrected chi connectivity index (χ0v) is 20.0. The fourth-order valence-corrected chi connectivity index (χ4v) is 4.58. The van der Waals surface area contributed by atoms with Gasteiger partial charge in [0.2, 0.25) is 0 Å². The van der Waals surface area contributed by atoms with Gasteiger partial charge >= 0.3 is 0 Å². The molecule has 0 spiro atoms. The smallest absolute Gasteiger partial charge is 0.277 e. The van der Waals surface area contributed by atoms with E-state index >= 15 is 0 Å². The molecule has 3 aromatic rings. The van der Waals surface area contributed by atoms with Crippen LogP contribution in [0.5, 0.6) is 5.75 Å². The summed E-state index contributed by atoms with van der Waals surface area (Å²) < 4.78 is 70.4. The highest BCUT2D eigenvalue weighted by Crippen LogP contribution is 2.38. The molecule has 0 fully saturated rings. The number of nitrogens with one attached hydrogen (secondary N) is 1. The molecule has 2 aromatic heterocycles. The largest absolute Gasteiger partial charge is 0.491 e. The fraction of sp³-hybridized carbons (Fsp3) is 0.250. The lowest BCUT2D eigenvalue weighted by Crippen LogP contribution is -2.10. The van der Waals surface area contributed by atoms with Gasteiger partial charge in [-0.2, -0.15) is 5.26 Å². The van der Waals surface area contributed by atoms with Crippen molar-refractivity contribution >= 4 is 32.6 Å². The highest BCUT2D eigenvalue weighted by molar-refractivity contribution is 7.90. The predicted molar refractivity (Wildman–Crippen MR) is 127 cm³/mol. The van der Waals surface area contributed by atoms with Gasteiger partial charge in [0.05, 0.1) is 34.3 Å². The first-order valence-corrected chi connectivity index (χ1v) is 12.7. The number of rotatable bonds is 8. The van der Waals surface area contributed by atoms with E-state index < -0.39 is 22.1 Å². The molecule has 0 radical (unpaired) electrons. The number of nitrogens with zero attached hydrogens (tertiary/aromatic N) is 4. The molecule has 1 aliphatic rings. The van der Waals surface area contributed by atoms with Gasteiger partial charge in [-0.3, -0.25) is 4.98 Å². The molecular formula is C24H20F3N5O3S. The van der Waals surface area contributed by atoms with Crippen molar-refractivity contribution in [2.75, 3.05) is 18.2 Å². The normalized spacial score (nSPS) is 12.8. The minimum atomic E-state index is -3.82. The minimum absolute atomic E-state index is 0.0601. The van der Waals surface area contributed by atoms with E-state index in [2.05, 4.69) is 20.3 Å². The maximum Gasteiger partial charge on any atom is 0.277 e. The molecule has 0 aliphatic carbocycles. The molecule has 0 amide bonds. The summed E-state index contributed by atoms with van der Waals surface area (Å²) in [6.45, 7) is 2.15. The number of pyridine rings is 2. The van der Waals surface area contributed by atoms with Crippen molar-refractivity contribution in [1.29, 1.82) is 5.26 Å². The highest BCUT2D eigenvalue weighted by Gasteiger charge is 2.27. The summed E-state index contributed by atoms with van der Waals surface area (Å²) in [7, 11) is -3.82. The zero-order chi connectivity index (χ0) is 26.0. The van der Waals surface area contributed by atoms with Gasteiger partial charge in [0, 0.05) is 30.5 Å². The van der Waals surface area contributed by atoms with Crippen molar-refractivity contribution in [3.05, 3.63) is 65.0 Å². The second-order valence-corrected chi connectivity index (χ2v) is 9.93. The number of benzene rings is 1. The molecule has 4 rings (SSSR count). The first-order chi connectivity index (χ1) is 17.1. The van der Waals surface area contributed by atoms with E-state index in [4.69, 9.17) is 4.74 Å². The number of sulfone groups is 1. The van der Waals surface area contributed by atoms with Gasteiger partial charge in [0.15, 0.2) is 21.3 Å². The summed E-state index contributed by atoms with van der Waals surface area (Å²) in [6, 6.07) is 10.0. The maximum absolute atomic E-state index is 13.8. The van der Waals surface area contributed by atoms with Crippen molar-refractivity contribution in [2.45, 2.75) is 31.1 Å². The van der Waals surface area contributed by atoms with Crippen LogP contribution < -0.4 is 10.1 Å². The van der Waals surface area contributed by atoms with Gasteiger partial charge in [0.25, 0.3) is 6.43 Å². The topological polar surface area (TPSA) is 117 Å². The third-order valence-electron chi connectivity index (χ3n) is 5.27. The number of aromatic nitrogens is 2. The van der Waals surface area contributed by atoms with Crippen LogP contribution in [-0.2, 0) is 22.7 Å². The third kappa shape index (κ3) is 5.31. The zero-order valence-electron chi connectivity index (χ0n) is 19.2. The number of anilines is 2. The summed E-state index contributed by atoms with van der Waals surface area (Å²) in [5, 5.41) is 12.3. The van der Waals surface area contributed by atoms with E-state index in [0.29, 0.717) is 23.7 Å². The molecule has 36 heavy (non-hydrogen) atoms. The Morgan fingerprint density at radius 3 is 2.58 bits per heavy atom. The second-order valence-electron chi connectivity index (χ2n) is 7.95. The Bertz CT molecular complexity index is 1520. The van der Waals surface area contributed by atoms with Crippen LogP contribution in [-0.4, -0.2) is 43.4 Å². The van der Waals surface area contributed by atoms with Crippen LogP contribution >= 0.6 is 0 Å². The highest BCUT2D eigenvalue weighted by atomic mass is 32.2. The van der Waals surface area contributed by atoms with Gasteiger partial charge in [-0.05, 0) is 43.3 Å². The number of hydrogen-bond donors (Lipinski definition) is 1. The quantitative estimate of drug-likeness (QED) is 0.469. The Morgan fingerprint density at radius 2 is 1.92 bits per heavy atom. The number of nitriles is 1. The number of fused-ring (bicyclic) bond motifs is 1. The lowest BCUT2D eigenvalue weighted by atomic mass is 10.1. The van der Waals surface area contributed by atoms with Crippen molar-refractivity contribution in [3.8, 4) is 11.8 Å². The van der Waals surface area contributed by atoms with Crippen LogP contribution in [0.2, 0.25) is 0 Å². The van der Waals surface area contributed by atoms with E-state index in [1.54, 1.807) is 19.1 Å². The predicted octanol–water partition coefficient (Wildman–Crippen LogP) is 4.52. The van der Waals surface area contributed by atoms with Crippen LogP contribution in [0, 0.1) is 17.1 Å². The van der Waals surface area contributed by atoms with Crippen LogP contribution in [0.25, 0.3) is 0 Å². The molecule has 3 heterocycles. The Labute approximate surface area is 205 Å². The Hall–Kier alpha value is -3.98. The number of halogens is 3. The van der Waals surface area contributed by atoms with Crippen molar-refractivity contribution < 1.29 is 26.3 Å². The Morgan fingerprint density at radius 1 is 1.14 bits per heavy atom. The molecule has 186 valence electrons.